The van der Waals surface area contributed by atoms with Gasteiger partial charge in [-0.15, -0.1) is 0 Å². The van der Waals surface area contributed by atoms with Gasteiger partial charge in [0.25, 0.3) is 0 Å². The lowest BCUT2D eigenvalue weighted by molar-refractivity contribution is -0.458. The van der Waals surface area contributed by atoms with E-state index in [1.165, 1.54) is 11.1 Å². The van der Waals surface area contributed by atoms with E-state index in [9.17, 15) is 0 Å². The van der Waals surface area contributed by atoms with Gasteiger partial charge in [0.05, 0.1) is 14.2 Å². The molecule has 4 nitrogen and oxygen atoms in total. The highest BCUT2D eigenvalue weighted by molar-refractivity contribution is 5.53. The van der Waals surface area contributed by atoms with Crippen molar-refractivity contribution in [3.8, 4) is 11.5 Å². The summed E-state index contributed by atoms with van der Waals surface area (Å²) in [4.78, 5) is 12.9. The second-order valence-corrected chi connectivity index (χ2v) is 9.26. The van der Waals surface area contributed by atoms with Crippen LogP contribution >= 0.6 is 0 Å². The normalized spacial score (nSPS) is 26.1. The smallest absolute Gasteiger partial charge is 0.157 e. The van der Waals surface area contributed by atoms with Gasteiger partial charge >= 0.3 is 0 Å². The fraction of sp³-hybridized carbons (Fsp3) is 0.357. The standard InChI is InChI=1S/C28H30O4/c1-19(2)17-22-18-27(20-9-13-23(29-3)14-10-20)25-7-5-6-8-26(25)28(22,32-31-27)21-11-15-24(30-4)16-12-21/h5-16,19,22H,17-18H2,1-4H3/t22?,27-,28-/m0/s1. The van der Waals surface area contributed by atoms with Gasteiger partial charge in [-0.2, -0.15) is 0 Å². The molecule has 1 saturated heterocycles. The Bertz CT molecular complexity index is 1090. The van der Waals surface area contributed by atoms with Crippen LogP contribution in [0, 0.1) is 11.8 Å². The van der Waals surface area contributed by atoms with Crippen molar-refractivity contribution < 1.29 is 19.2 Å². The molecule has 0 amide bonds. The van der Waals surface area contributed by atoms with Crippen LogP contribution in [0.4, 0.5) is 0 Å². The lowest BCUT2D eigenvalue weighted by atomic mass is 9.59. The van der Waals surface area contributed by atoms with Crippen molar-refractivity contribution in [1.82, 2.24) is 0 Å². The molecule has 32 heavy (non-hydrogen) atoms. The van der Waals surface area contributed by atoms with E-state index in [0.29, 0.717) is 5.92 Å². The fourth-order valence-corrected chi connectivity index (χ4v) is 5.59. The summed E-state index contributed by atoms with van der Waals surface area (Å²) in [5.41, 5.74) is 3.25. The number of benzene rings is 3. The predicted octanol–water partition coefficient (Wildman–Crippen LogP) is 6.22. The Morgan fingerprint density at radius 2 is 1.34 bits per heavy atom. The minimum absolute atomic E-state index is 0.252. The van der Waals surface area contributed by atoms with E-state index in [4.69, 9.17) is 19.2 Å². The van der Waals surface area contributed by atoms with Crippen LogP contribution in [0.1, 0.15) is 48.9 Å². The summed E-state index contributed by atoms with van der Waals surface area (Å²) in [7, 11) is 3.37. The molecule has 3 aliphatic rings. The van der Waals surface area contributed by atoms with Crippen LogP contribution < -0.4 is 9.47 Å². The summed E-state index contributed by atoms with van der Waals surface area (Å²) in [6.07, 6.45) is 1.88. The topological polar surface area (TPSA) is 36.9 Å². The van der Waals surface area contributed by atoms with Crippen molar-refractivity contribution in [2.45, 2.75) is 37.9 Å². The van der Waals surface area contributed by atoms with Crippen LogP contribution in [0.15, 0.2) is 72.8 Å². The van der Waals surface area contributed by atoms with Crippen LogP contribution in [0.2, 0.25) is 0 Å². The van der Waals surface area contributed by atoms with Crippen molar-refractivity contribution in [3.63, 3.8) is 0 Å². The highest BCUT2D eigenvalue weighted by atomic mass is 17.2. The van der Waals surface area contributed by atoms with Crippen LogP contribution in [-0.4, -0.2) is 14.2 Å². The monoisotopic (exact) mass is 430 g/mol. The molecule has 0 spiro atoms. The summed E-state index contributed by atoms with van der Waals surface area (Å²) in [6, 6.07) is 25.0. The lowest BCUT2D eigenvalue weighted by Crippen LogP contribution is -2.57. The molecule has 0 N–H and O–H groups in total. The van der Waals surface area contributed by atoms with E-state index in [2.05, 4.69) is 62.4 Å². The van der Waals surface area contributed by atoms with Gasteiger partial charge in [-0.3, -0.25) is 0 Å². The number of rotatable bonds is 6. The minimum Gasteiger partial charge on any atom is -0.497 e. The van der Waals surface area contributed by atoms with Gasteiger partial charge in [0.2, 0.25) is 0 Å². The van der Waals surface area contributed by atoms with Gasteiger partial charge in [-0.25, -0.2) is 9.78 Å². The van der Waals surface area contributed by atoms with Crippen molar-refractivity contribution in [2.24, 2.45) is 11.8 Å². The van der Waals surface area contributed by atoms with Crippen LogP contribution in [0.25, 0.3) is 0 Å². The SMILES string of the molecule is COc1ccc([C@]23CC(CC(C)C)[C@](c4ccc(OC)cc4)(OO2)c2ccccc23)cc1. The molecule has 166 valence electrons. The first-order chi connectivity index (χ1) is 15.5. The van der Waals surface area contributed by atoms with Crippen molar-refractivity contribution in [3.05, 3.63) is 95.1 Å². The molecule has 3 atom stereocenters. The number of hydrogen-bond donors (Lipinski definition) is 0. The highest BCUT2D eigenvalue weighted by Crippen LogP contribution is 2.62. The second-order valence-electron chi connectivity index (χ2n) is 9.26. The van der Waals surface area contributed by atoms with E-state index in [1.54, 1.807) is 14.2 Å². The van der Waals surface area contributed by atoms with Gasteiger partial charge in [-0.1, -0.05) is 62.4 Å². The van der Waals surface area contributed by atoms with Crippen molar-refractivity contribution in [1.29, 1.82) is 0 Å². The van der Waals surface area contributed by atoms with E-state index in [1.807, 2.05) is 24.3 Å². The molecule has 1 unspecified atom stereocenters. The molecule has 6 rings (SSSR count). The maximum atomic E-state index is 6.51. The molecule has 3 aromatic rings. The second kappa shape index (κ2) is 7.95. The Labute approximate surface area is 190 Å². The summed E-state index contributed by atoms with van der Waals surface area (Å²) < 4.78 is 10.8. The third kappa shape index (κ3) is 3.05. The zero-order valence-corrected chi connectivity index (χ0v) is 19.1. The molecular weight excluding hydrogens is 400 g/mol. The van der Waals surface area contributed by atoms with Crippen molar-refractivity contribution >= 4 is 0 Å². The van der Waals surface area contributed by atoms with Crippen LogP contribution in [0.3, 0.4) is 0 Å². The van der Waals surface area contributed by atoms with Gasteiger partial charge in [0, 0.05) is 5.92 Å². The number of fused-ring (bicyclic) bond motifs is 2. The Kier molecular flexibility index (Phi) is 5.23. The first kappa shape index (κ1) is 21.0. The molecule has 4 heteroatoms. The summed E-state index contributed by atoms with van der Waals surface area (Å²) in [5, 5.41) is 0. The van der Waals surface area contributed by atoms with Gasteiger partial charge in [0.15, 0.2) is 11.2 Å². The molecule has 3 aromatic carbocycles. The minimum atomic E-state index is -0.651. The Morgan fingerprint density at radius 1 is 0.781 bits per heavy atom. The number of hydrogen-bond acceptors (Lipinski definition) is 4. The largest absolute Gasteiger partial charge is 0.497 e. The average molecular weight is 431 g/mol. The molecular formula is C28H30O4. The lowest BCUT2D eigenvalue weighted by Gasteiger charge is -2.57. The van der Waals surface area contributed by atoms with Crippen LogP contribution in [-0.2, 0) is 21.0 Å². The summed E-state index contributed by atoms with van der Waals surface area (Å²) in [5.74, 6) is 2.44. The summed E-state index contributed by atoms with van der Waals surface area (Å²) in [6.45, 7) is 4.55. The van der Waals surface area contributed by atoms with E-state index >= 15 is 0 Å². The number of methoxy groups -OCH3 is 2. The third-order valence-corrected chi connectivity index (χ3v) is 7.02. The van der Waals surface area contributed by atoms with E-state index in [0.717, 1.165) is 35.5 Å². The molecule has 0 radical (unpaired) electrons. The molecule has 2 heterocycles. The highest BCUT2D eigenvalue weighted by Gasteiger charge is 2.62. The Morgan fingerprint density at radius 3 is 1.91 bits per heavy atom. The molecule has 2 bridgehead atoms. The maximum absolute atomic E-state index is 6.51. The predicted molar refractivity (Wildman–Crippen MR) is 124 cm³/mol. The van der Waals surface area contributed by atoms with Crippen LogP contribution in [0.5, 0.6) is 11.5 Å². The average Bonchev–Trinajstić information content (AvgIpc) is 2.84. The number of ether oxygens (including phenoxy) is 2. The Balaban J connectivity index is 1.72. The van der Waals surface area contributed by atoms with Gasteiger partial charge in [0.1, 0.15) is 11.5 Å². The molecule has 0 saturated carbocycles. The Hall–Kier alpha value is -2.82. The zero-order chi connectivity index (χ0) is 22.3. The molecule has 1 aliphatic carbocycles. The quantitative estimate of drug-likeness (QED) is 0.435. The fourth-order valence-electron chi connectivity index (χ4n) is 5.59. The molecule has 2 aliphatic heterocycles. The van der Waals surface area contributed by atoms with Gasteiger partial charge in [-0.05, 0) is 65.3 Å². The van der Waals surface area contributed by atoms with E-state index in [-0.39, 0.29) is 5.92 Å². The summed E-state index contributed by atoms with van der Waals surface area (Å²) >= 11 is 0. The van der Waals surface area contributed by atoms with E-state index < -0.39 is 11.2 Å². The third-order valence-electron chi connectivity index (χ3n) is 7.02. The van der Waals surface area contributed by atoms with Gasteiger partial charge < -0.3 is 9.47 Å². The first-order valence-corrected chi connectivity index (χ1v) is 11.3. The molecule has 1 fully saturated rings. The first-order valence-electron chi connectivity index (χ1n) is 11.3. The van der Waals surface area contributed by atoms with Crippen molar-refractivity contribution in [2.75, 3.05) is 14.2 Å². The molecule has 0 aromatic heterocycles. The maximum Gasteiger partial charge on any atom is 0.157 e. The zero-order valence-electron chi connectivity index (χ0n) is 19.1.